The van der Waals surface area contributed by atoms with Gasteiger partial charge >= 0.3 is 0 Å². The predicted octanol–water partition coefficient (Wildman–Crippen LogP) is 1.79. The zero-order chi connectivity index (χ0) is 10.9. The minimum Gasteiger partial charge on any atom is -0.394 e. The number of rotatable bonds is 4. The number of aliphatic hydroxyl groups excluding tert-OH is 1. The fraction of sp³-hybridized carbons (Fsp3) is 0.500. The Labute approximate surface area is 89.1 Å². The SMILES string of the molecule is CC(CO)(NC1CC1)c1ccc(F)cc1. The van der Waals surface area contributed by atoms with Crippen LogP contribution >= 0.6 is 0 Å². The molecule has 2 rings (SSSR count). The van der Waals surface area contributed by atoms with Crippen LogP contribution in [0, 0.1) is 5.82 Å². The van der Waals surface area contributed by atoms with Crippen molar-refractivity contribution in [3.05, 3.63) is 35.6 Å². The number of aliphatic hydroxyl groups is 1. The fourth-order valence-electron chi connectivity index (χ4n) is 1.72. The molecule has 2 N–H and O–H groups in total. The summed E-state index contributed by atoms with van der Waals surface area (Å²) in [5, 5.41) is 12.8. The van der Waals surface area contributed by atoms with Crippen LogP contribution in [-0.2, 0) is 5.54 Å². The molecule has 0 aliphatic heterocycles. The van der Waals surface area contributed by atoms with Crippen LogP contribution in [0.4, 0.5) is 4.39 Å². The van der Waals surface area contributed by atoms with Gasteiger partial charge in [0.15, 0.2) is 0 Å². The van der Waals surface area contributed by atoms with Crippen LogP contribution in [0.2, 0.25) is 0 Å². The first-order valence-electron chi connectivity index (χ1n) is 5.29. The molecule has 0 heterocycles. The molecule has 0 radical (unpaired) electrons. The van der Waals surface area contributed by atoms with Crippen molar-refractivity contribution in [2.75, 3.05) is 6.61 Å². The van der Waals surface area contributed by atoms with Crippen molar-refractivity contribution in [2.45, 2.75) is 31.3 Å². The monoisotopic (exact) mass is 209 g/mol. The Morgan fingerprint density at radius 3 is 2.47 bits per heavy atom. The van der Waals surface area contributed by atoms with Gasteiger partial charge in [-0.15, -0.1) is 0 Å². The minimum absolute atomic E-state index is 0.0229. The van der Waals surface area contributed by atoms with Crippen molar-refractivity contribution in [1.29, 1.82) is 0 Å². The Bertz CT molecular complexity index is 334. The highest BCUT2D eigenvalue weighted by molar-refractivity contribution is 5.25. The molecule has 1 aliphatic rings. The van der Waals surface area contributed by atoms with Crippen LogP contribution in [0.3, 0.4) is 0 Å². The first-order valence-corrected chi connectivity index (χ1v) is 5.29. The summed E-state index contributed by atoms with van der Waals surface area (Å²) in [6, 6.07) is 6.81. The van der Waals surface area contributed by atoms with E-state index in [1.54, 1.807) is 12.1 Å². The fourth-order valence-corrected chi connectivity index (χ4v) is 1.72. The van der Waals surface area contributed by atoms with E-state index in [4.69, 9.17) is 0 Å². The summed E-state index contributed by atoms with van der Waals surface area (Å²) in [5.41, 5.74) is 0.479. The van der Waals surface area contributed by atoms with E-state index in [9.17, 15) is 9.50 Å². The number of hydrogen-bond acceptors (Lipinski definition) is 2. The van der Waals surface area contributed by atoms with Gasteiger partial charge in [-0.3, -0.25) is 0 Å². The lowest BCUT2D eigenvalue weighted by Crippen LogP contribution is -2.44. The van der Waals surface area contributed by atoms with Crippen molar-refractivity contribution in [1.82, 2.24) is 5.32 Å². The van der Waals surface area contributed by atoms with Gasteiger partial charge < -0.3 is 10.4 Å². The van der Waals surface area contributed by atoms with Gasteiger partial charge in [0.25, 0.3) is 0 Å². The second-order valence-electron chi connectivity index (χ2n) is 4.42. The summed E-state index contributed by atoms with van der Waals surface area (Å²) in [5.74, 6) is -0.245. The van der Waals surface area contributed by atoms with Crippen molar-refractivity contribution in [2.24, 2.45) is 0 Å². The third-order valence-electron chi connectivity index (χ3n) is 2.90. The number of nitrogens with one attached hydrogen (secondary N) is 1. The second-order valence-corrected chi connectivity index (χ2v) is 4.42. The molecule has 1 saturated carbocycles. The molecule has 15 heavy (non-hydrogen) atoms. The van der Waals surface area contributed by atoms with Crippen molar-refractivity contribution >= 4 is 0 Å². The average Bonchev–Trinajstić information content (AvgIpc) is 3.02. The third kappa shape index (κ3) is 2.36. The van der Waals surface area contributed by atoms with Gasteiger partial charge in [0.2, 0.25) is 0 Å². The van der Waals surface area contributed by atoms with Gasteiger partial charge in [0, 0.05) is 6.04 Å². The molecule has 0 saturated heterocycles. The first kappa shape index (κ1) is 10.6. The van der Waals surface area contributed by atoms with E-state index in [-0.39, 0.29) is 12.4 Å². The zero-order valence-corrected chi connectivity index (χ0v) is 8.83. The minimum atomic E-state index is -0.450. The van der Waals surface area contributed by atoms with Crippen LogP contribution in [0.15, 0.2) is 24.3 Å². The summed E-state index contributed by atoms with van der Waals surface area (Å²) in [6.45, 7) is 1.97. The van der Waals surface area contributed by atoms with E-state index in [0.29, 0.717) is 6.04 Å². The van der Waals surface area contributed by atoms with Crippen LogP contribution < -0.4 is 5.32 Å². The summed E-state index contributed by atoms with van der Waals surface area (Å²) in [7, 11) is 0. The van der Waals surface area contributed by atoms with Crippen LogP contribution in [0.1, 0.15) is 25.3 Å². The standard InChI is InChI=1S/C12H16FNO/c1-12(8-15,14-11-6-7-11)9-2-4-10(13)5-3-9/h2-5,11,14-15H,6-8H2,1H3. The summed E-state index contributed by atoms with van der Waals surface area (Å²) < 4.78 is 12.8. The van der Waals surface area contributed by atoms with Crippen LogP contribution in [-0.4, -0.2) is 17.8 Å². The summed E-state index contributed by atoms with van der Waals surface area (Å²) in [6.07, 6.45) is 2.33. The lowest BCUT2D eigenvalue weighted by molar-refractivity contribution is 0.173. The normalized spacial score (nSPS) is 19.9. The molecule has 0 aromatic heterocycles. The predicted molar refractivity (Wildman–Crippen MR) is 57.0 cm³/mol. The molecule has 3 heteroatoms. The first-order chi connectivity index (χ1) is 7.14. The van der Waals surface area contributed by atoms with E-state index in [1.807, 2.05) is 6.92 Å². The lowest BCUT2D eigenvalue weighted by Gasteiger charge is -2.29. The Kier molecular flexibility index (Phi) is 2.76. The Morgan fingerprint density at radius 2 is 2.00 bits per heavy atom. The highest BCUT2D eigenvalue weighted by Crippen LogP contribution is 2.28. The quantitative estimate of drug-likeness (QED) is 0.792. The van der Waals surface area contributed by atoms with Gasteiger partial charge in [-0.1, -0.05) is 12.1 Å². The Hall–Kier alpha value is -0.930. The Balaban J connectivity index is 2.19. The maximum atomic E-state index is 12.8. The topological polar surface area (TPSA) is 32.3 Å². The Morgan fingerprint density at radius 1 is 1.40 bits per heavy atom. The lowest BCUT2D eigenvalue weighted by atomic mass is 9.93. The van der Waals surface area contributed by atoms with E-state index in [0.717, 1.165) is 18.4 Å². The highest BCUT2D eigenvalue weighted by atomic mass is 19.1. The molecule has 1 fully saturated rings. The molecule has 1 aromatic rings. The van der Waals surface area contributed by atoms with Gasteiger partial charge in [-0.2, -0.15) is 0 Å². The summed E-state index contributed by atoms with van der Waals surface area (Å²) >= 11 is 0. The number of benzene rings is 1. The zero-order valence-electron chi connectivity index (χ0n) is 8.83. The maximum absolute atomic E-state index is 12.8. The van der Waals surface area contributed by atoms with Crippen molar-refractivity contribution < 1.29 is 9.50 Å². The third-order valence-corrected chi connectivity index (χ3v) is 2.90. The van der Waals surface area contributed by atoms with Gasteiger partial charge in [-0.05, 0) is 37.5 Å². The molecular formula is C12H16FNO. The molecule has 0 bridgehead atoms. The molecule has 1 unspecified atom stereocenters. The van der Waals surface area contributed by atoms with Gasteiger partial charge in [-0.25, -0.2) is 4.39 Å². The molecule has 82 valence electrons. The molecule has 2 nitrogen and oxygen atoms in total. The molecular weight excluding hydrogens is 193 g/mol. The smallest absolute Gasteiger partial charge is 0.123 e. The molecule has 1 aromatic carbocycles. The van der Waals surface area contributed by atoms with E-state index in [1.165, 1.54) is 12.1 Å². The van der Waals surface area contributed by atoms with Crippen LogP contribution in [0.5, 0.6) is 0 Å². The molecule has 1 aliphatic carbocycles. The van der Waals surface area contributed by atoms with E-state index >= 15 is 0 Å². The molecule has 0 spiro atoms. The van der Waals surface area contributed by atoms with E-state index < -0.39 is 5.54 Å². The molecule has 0 amide bonds. The molecule has 1 atom stereocenters. The highest BCUT2D eigenvalue weighted by Gasteiger charge is 2.33. The van der Waals surface area contributed by atoms with Gasteiger partial charge in [0.1, 0.15) is 5.82 Å². The van der Waals surface area contributed by atoms with Crippen molar-refractivity contribution in [3.8, 4) is 0 Å². The number of hydrogen-bond donors (Lipinski definition) is 2. The van der Waals surface area contributed by atoms with Gasteiger partial charge in [0.05, 0.1) is 12.1 Å². The van der Waals surface area contributed by atoms with Crippen molar-refractivity contribution in [3.63, 3.8) is 0 Å². The maximum Gasteiger partial charge on any atom is 0.123 e. The average molecular weight is 209 g/mol. The van der Waals surface area contributed by atoms with Crippen LogP contribution in [0.25, 0.3) is 0 Å². The number of halogens is 1. The second kappa shape index (κ2) is 3.91. The largest absolute Gasteiger partial charge is 0.394 e. The summed E-state index contributed by atoms with van der Waals surface area (Å²) in [4.78, 5) is 0. The van der Waals surface area contributed by atoms with E-state index in [2.05, 4.69) is 5.32 Å².